The number of thiol groups is 1. The minimum Gasteiger partial charge on any atom is -0.340 e. The Morgan fingerprint density at radius 3 is 2.53 bits per heavy atom. The van der Waals surface area contributed by atoms with Crippen molar-refractivity contribution in [2.45, 2.75) is 30.9 Å². The van der Waals surface area contributed by atoms with Crippen LogP contribution in [0.4, 0.5) is 0 Å². The second-order valence-corrected chi connectivity index (χ2v) is 5.33. The molecule has 2 rings (SSSR count). The lowest BCUT2D eigenvalue weighted by molar-refractivity contribution is -0.127. The molecule has 2 fully saturated rings. The van der Waals surface area contributed by atoms with E-state index in [0.29, 0.717) is 6.42 Å². The quantitative estimate of drug-likeness (QED) is 0.729. The van der Waals surface area contributed by atoms with Crippen molar-refractivity contribution in [3.63, 3.8) is 0 Å². The van der Waals surface area contributed by atoms with Gasteiger partial charge in [-0.2, -0.15) is 12.6 Å². The predicted molar refractivity (Wildman–Crippen MR) is 64.3 cm³/mol. The van der Waals surface area contributed by atoms with Crippen LogP contribution < -0.4 is 0 Å². The standard InChI is InChI=1S/C11H20N2OS/c14-11-8-10(15)9-13(11)7-6-12-4-2-1-3-5-12/h10,15H,1-9H2. The van der Waals surface area contributed by atoms with Gasteiger partial charge in [-0.3, -0.25) is 4.79 Å². The van der Waals surface area contributed by atoms with E-state index in [-0.39, 0.29) is 11.2 Å². The molecule has 3 nitrogen and oxygen atoms in total. The number of carbonyl (C=O) groups is 1. The van der Waals surface area contributed by atoms with Crippen LogP contribution in [0.15, 0.2) is 0 Å². The zero-order chi connectivity index (χ0) is 10.7. The van der Waals surface area contributed by atoms with Gasteiger partial charge >= 0.3 is 0 Å². The van der Waals surface area contributed by atoms with Crippen molar-refractivity contribution in [1.29, 1.82) is 0 Å². The minimum absolute atomic E-state index is 0.263. The highest BCUT2D eigenvalue weighted by Crippen LogP contribution is 2.16. The van der Waals surface area contributed by atoms with Crippen molar-refractivity contribution in [2.24, 2.45) is 0 Å². The van der Waals surface area contributed by atoms with Crippen LogP contribution >= 0.6 is 12.6 Å². The Bertz CT molecular complexity index is 229. The molecule has 0 aromatic rings. The predicted octanol–water partition coefficient (Wildman–Crippen LogP) is 1.00. The van der Waals surface area contributed by atoms with E-state index in [4.69, 9.17) is 0 Å². The lowest BCUT2D eigenvalue weighted by atomic mass is 10.1. The highest BCUT2D eigenvalue weighted by molar-refractivity contribution is 7.81. The molecule has 0 aromatic carbocycles. The summed E-state index contributed by atoms with van der Waals surface area (Å²) in [4.78, 5) is 16.0. The van der Waals surface area contributed by atoms with Gasteiger partial charge in [-0.15, -0.1) is 0 Å². The fourth-order valence-electron chi connectivity index (χ4n) is 2.41. The normalized spacial score (nSPS) is 28.7. The molecule has 0 radical (unpaired) electrons. The summed E-state index contributed by atoms with van der Waals surface area (Å²) in [6.07, 6.45) is 4.65. The van der Waals surface area contributed by atoms with Gasteiger partial charge in [-0.1, -0.05) is 6.42 Å². The summed E-state index contributed by atoms with van der Waals surface area (Å²) in [5, 5.41) is 0.263. The first-order chi connectivity index (χ1) is 7.25. The Hall–Kier alpha value is -0.220. The molecule has 0 saturated carbocycles. The van der Waals surface area contributed by atoms with E-state index >= 15 is 0 Å². The molecule has 0 spiro atoms. The van der Waals surface area contributed by atoms with Crippen LogP contribution in [0.5, 0.6) is 0 Å². The molecule has 2 aliphatic rings. The van der Waals surface area contributed by atoms with Crippen LogP contribution in [0.25, 0.3) is 0 Å². The molecule has 0 aliphatic carbocycles. The van der Waals surface area contributed by atoms with E-state index in [1.54, 1.807) is 0 Å². The summed E-state index contributed by atoms with van der Waals surface area (Å²) < 4.78 is 0. The third-order valence-electron chi connectivity index (χ3n) is 3.33. The van der Waals surface area contributed by atoms with Crippen molar-refractivity contribution >= 4 is 18.5 Å². The van der Waals surface area contributed by atoms with Crippen LogP contribution in [0, 0.1) is 0 Å². The monoisotopic (exact) mass is 228 g/mol. The highest BCUT2D eigenvalue weighted by Gasteiger charge is 2.27. The SMILES string of the molecule is O=C1CC(S)CN1CCN1CCCCC1. The molecule has 2 heterocycles. The summed E-state index contributed by atoms with van der Waals surface area (Å²) in [6.45, 7) is 5.22. The maximum absolute atomic E-state index is 11.5. The fraction of sp³-hybridized carbons (Fsp3) is 0.909. The average Bonchev–Trinajstić information content (AvgIpc) is 2.56. The molecule has 15 heavy (non-hydrogen) atoms. The Labute approximate surface area is 97.2 Å². The molecule has 86 valence electrons. The van der Waals surface area contributed by atoms with E-state index in [0.717, 1.165) is 19.6 Å². The zero-order valence-corrected chi connectivity index (χ0v) is 10.1. The van der Waals surface area contributed by atoms with Gasteiger partial charge in [0.2, 0.25) is 5.91 Å². The molecule has 0 bridgehead atoms. The summed E-state index contributed by atoms with van der Waals surface area (Å²) in [7, 11) is 0. The minimum atomic E-state index is 0.263. The highest BCUT2D eigenvalue weighted by atomic mass is 32.1. The smallest absolute Gasteiger partial charge is 0.223 e. The summed E-state index contributed by atoms with van der Waals surface area (Å²) in [6, 6.07) is 0. The van der Waals surface area contributed by atoms with Gasteiger partial charge in [0.15, 0.2) is 0 Å². The molecule has 1 amide bonds. The second-order valence-electron chi connectivity index (χ2n) is 4.60. The average molecular weight is 228 g/mol. The number of likely N-dealkylation sites (tertiary alicyclic amines) is 2. The molecule has 1 unspecified atom stereocenters. The largest absolute Gasteiger partial charge is 0.340 e. The van der Waals surface area contributed by atoms with E-state index in [9.17, 15) is 4.79 Å². The van der Waals surface area contributed by atoms with Gasteiger partial charge in [0.05, 0.1) is 0 Å². The van der Waals surface area contributed by atoms with Crippen LogP contribution in [0.2, 0.25) is 0 Å². The molecule has 0 N–H and O–H groups in total. The van der Waals surface area contributed by atoms with Crippen molar-refractivity contribution in [2.75, 3.05) is 32.7 Å². The molecule has 2 saturated heterocycles. The lowest BCUT2D eigenvalue weighted by Crippen LogP contribution is -2.38. The summed E-state index contributed by atoms with van der Waals surface area (Å²) in [5.74, 6) is 0.284. The number of amides is 1. The van der Waals surface area contributed by atoms with Gasteiger partial charge in [-0.05, 0) is 25.9 Å². The number of nitrogens with zero attached hydrogens (tertiary/aromatic N) is 2. The van der Waals surface area contributed by atoms with Crippen molar-refractivity contribution in [3.8, 4) is 0 Å². The maximum Gasteiger partial charge on any atom is 0.223 e. The Balaban J connectivity index is 1.70. The molecule has 0 aromatic heterocycles. The summed E-state index contributed by atoms with van der Waals surface area (Å²) >= 11 is 4.35. The Morgan fingerprint density at radius 2 is 1.93 bits per heavy atom. The first-order valence-electron chi connectivity index (χ1n) is 5.94. The fourth-order valence-corrected chi connectivity index (χ4v) is 2.77. The third kappa shape index (κ3) is 3.11. The van der Waals surface area contributed by atoms with Crippen LogP contribution in [0.3, 0.4) is 0 Å². The topological polar surface area (TPSA) is 23.6 Å². The second kappa shape index (κ2) is 5.21. The van der Waals surface area contributed by atoms with Crippen molar-refractivity contribution < 1.29 is 4.79 Å². The number of hydrogen-bond acceptors (Lipinski definition) is 3. The molecular formula is C11H20N2OS. The van der Waals surface area contributed by atoms with Crippen LogP contribution in [0.1, 0.15) is 25.7 Å². The first kappa shape index (κ1) is 11.3. The van der Waals surface area contributed by atoms with E-state index in [2.05, 4.69) is 17.5 Å². The number of piperidine rings is 1. The van der Waals surface area contributed by atoms with Gasteiger partial charge in [0.25, 0.3) is 0 Å². The number of carbonyl (C=O) groups excluding carboxylic acids is 1. The van der Waals surface area contributed by atoms with Gasteiger partial charge < -0.3 is 9.80 Å². The van der Waals surface area contributed by atoms with E-state index in [1.165, 1.54) is 32.4 Å². The van der Waals surface area contributed by atoms with Crippen LogP contribution in [-0.4, -0.2) is 53.7 Å². The summed E-state index contributed by atoms with van der Waals surface area (Å²) in [5.41, 5.74) is 0. The Kier molecular flexibility index (Phi) is 3.92. The number of hydrogen-bond donors (Lipinski definition) is 1. The van der Waals surface area contributed by atoms with Crippen molar-refractivity contribution in [3.05, 3.63) is 0 Å². The molecular weight excluding hydrogens is 208 g/mol. The van der Waals surface area contributed by atoms with Gasteiger partial charge in [-0.25, -0.2) is 0 Å². The molecule has 1 atom stereocenters. The van der Waals surface area contributed by atoms with Gasteiger partial charge in [0, 0.05) is 31.3 Å². The molecule has 4 heteroatoms. The van der Waals surface area contributed by atoms with E-state index < -0.39 is 0 Å². The lowest BCUT2D eigenvalue weighted by Gasteiger charge is -2.28. The van der Waals surface area contributed by atoms with E-state index in [1.807, 2.05) is 4.90 Å². The zero-order valence-electron chi connectivity index (χ0n) is 9.19. The third-order valence-corrected chi connectivity index (χ3v) is 3.67. The number of rotatable bonds is 3. The molecule has 2 aliphatic heterocycles. The Morgan fingerprint density at radius 1 is 1.20 bits per heavy atom. The van der Waals surface area contributed by atoms with Crippen molar-refractivity contribution in [1.82, 2.24) is 9.80 Å². The van der Waals surface area contributed by atoms with Gasteiger partial charge in [0.1, 0.15) is 0 Å². The first-order valence-corrected chi connectivity index (χ1v) is 6.45. The maximum atomic E-state index is 11.5. The van der Waals surface area contributed by atoms with Crippen LogP contribution in [-0.2, 0) is 4.79 Å².